The van der Waals surface area contributed by atoms with Crippen LogP contribution in [0.4, 0.5) is 0 Å². The maximum absolute atomic E-state index is 10.9. The largest absolute Gasteiger partial charge is 0.497 e. The minimum atomic E-state index is -1.58. The number of methoxy groups -OCH3 is 1. The van der Waals surface area contributed by atoms with E-state index in [1.54, 1.807) is 13.3 Å². The van der Waals surface area contributed by atoms with Gasteiger partial charge in [-0.3, -0.25) is 4.98 Å². The Morgan fingerprint density at radius 2 is 1.83 bits per heavy atom. The zero-order valence-corrected chi connectivity index (χ0v) is 14.0. The molecule has 2 aromatic carbocycles. The minimum Gasteiger partial charge on any atom is -0.497 e. The molecule has 0 amide bonds. The highest BCUT2D eigenvalue weighted by Gasteiger charge is 2.04. The van der Waals surface area contributed by atoms with Crippen LogP contribution in [0.15, 0.2) is 54.7 Å². The van der Waals surface area contributed by atoms with Crippen molar-refractivity contribution in [3.8, 4) is 11.5 Å². The summed E-state index contributed by atoms with van der Waals surface area (Å²) in [5.41, 5.74) is 2.76. The smallest absolute Gasteiger partial charge is 0.121 e. The van der Waals surface area contributed by atoms with Crippen molar-refractivity contribution in [2.24, 2.45) is 0 Å². The standard InChI is InChI=1S/C18H17N2O3S/c1-22-16-6-7-17-14(8-9-20-18(17)10-16)11-23-15-4-2-13(3-5-15)12-24(19)21/h2-10,19H,11-12H2,1H3/q-1. The van der Waals surface area contributed by atoms with E-state index in [-0.39, 0.29) is 5.75 Å². The van der Waals surface area contributed by atoms with Crippen molar-refractivity contribution in [3.05, 3.63) is 65.9 Å². The molecule has 0 unspecified atom stereocenters. The fraction of sp³-hybridized carbons (Fsp3) is 0.167. The van der Waals surface area contributed by atoms with Crippen LogP contribution in [-0.2, 0) is 27.2 Å². The van der Waals surface area contributed by atoms with E-state index in [0.717, 1.165) is 33.5 Å². The molecule has 0 bridgehead atoms. The molecule has 5 nitrogen and oxygen atoms in total. The molecule has 1 aromatic heterocycles. The molecular weight excluding hydrogens is 324 g/mol. The van der Waals surface area contributed by atoms with Crippen molar-refractivity contribution in [1.82, 2.24) is 4.98 Å². The lowest BCUT2D eigenvalue weighted by molar-refractivity contribution is 0.307. The molecule has 0 saturated heterocycles. The van der Waals surface area contributed by atoms with Crippen molar-refractivity contribution < 1.29 is 13.7 Å². The predicted molar refractivity (Wildman–Crippen MR) is 93.5 cm³/mol. The summed E-state index contributed by atoms with van der Waals surface area (Å²) in [6.45, 7) is 0.426. The first-order valence-corrected chi connectivity index (χ1v) is 8.70. The van der Waals surface area contributed by atoms with Crippen molar-refractivity contribution in [2.45, 2.75) is 12.4 Å². The van der Waals surface area contributed by atoms with Crippen molar-refractivity contribution >= 4 is 21.5 Å². The van der Waals surface area contributed by atoms with Crippen LogP contribution in [0.1, 0.15) is 11.1 Å². The summed E-state index contributed by atoms with van der Waals surface area (Å²) in [4.78, 5) is 4.36. The quantitative estimate of drug-likeness (QED) is 0.687. The Balaban J connectivity index is 1.75. The van der Waals surface area contributed by atoms with Crippen LogP contribution in [0.3, 0.4) is 0 Å². The average Bonchev–Trinajstić information content (AvgIpc) is 2.60. The summed E-state index contributed by atoms with van der Waals surface area (Å²) in [5, 5.41) is 1.03. The molecule has 3 rings (SSSR count). The summed E-state index contributed by atoms with van der Waals surface area (Å²) in [6.07, 6.45) is 1.76. The van der Waals surface area contributed by atoms with Gasteiger partial charge >= 0.3 is 0 Å². The molecule has 0 saturated carbocycles. The Morgan fingerprint density at radius 3 is 2.54 bits per heavy atom. The van der Waals surface area contributed by atoms with Gasteiger partial charge in [-0.15, -0.1) is 0 Å². The highest BCUT2D eigenvalue weighted by Crippen LogP contribution is 2.23. The summed E-state index contributed by atoms with van der Waals surface area (Å²) in [5.74, 6) is 1.74. The van der Waals surface area contributed by atoms with E-state index >= 15 is 0 Å². The molecule has 24 heavy (non-hydrogen) atoms. The van der Waals surface area contributed by atoms with Gasteiger partial charge in [0.15, 0.2) is 0 Å². The van der Waals surface area contributed by atoms with E-state index in [9.17, 15) is 4.21 Å². The lowest BCUT2D eigenvalue weighted by Gasteiger charge is -2.10. The van der Waals surface area contributed by atoms with E-state index in [1.165, 1.54) is 0 Å². The van der Waals surface area contributed by atoms with Crippen molar-refractivity contribution in [2.75, 3.05) is 7.11 Å². The first-order valence-electron chi connectivity index (χ1n) is 7.38. The number of fused-ring (bicyclic) bond motifs is 1. The Hall–Kier alpha value is -2.60. The topological polar surface area (TPSA) is 72.3 Å². The third-order valence-electron chi connectivity index (χ3n) is 3.66. The fourth-order valence-electron chi connectivity index (χ4n) is 2.43. The fourth-order valence-corrected chi connectivity index (χ4v) is 2.93. The maximum Gasteiger partial charge on any atom is 0.121 e. The molecule has 0 radical (unpaired) electrons. The molecule has 0 atom stereocenters. The average molecular weight is 341 g/mol. The molecule has 124 valence electrons. The van der Waals surface area contributed by atoms with Gasteiger partial charge in [0.1, 0.15) is 18.1 Å². The van der Waals surface area contributed by atoms with Crippen molar-refractivity contribution in [3.63, 3.8) is 0 Å². The van der Waals surface area contributed by atoms with E-state index in [2.05, 4.69) is 4.98 Å². The van der Waals surface area contributed by atoms with E-state index in [0.29, 0.717) is 6.61 Å². The van der Waals surface area contributed by atoms with E-state index in [4.69, 9.17) is 14.3 Å². The van der Waals surface area contributed by atoms with Crippen LogP contribution >= 0.6 is 0 Å². The van der Waals surface area contributed by atoms with E-state index in [1.807, 2.05) is 48.5 Å². The Morgan fingerprint density at radius 1 is 1.08 bits per heavy atom. The van der Waals surface area contributed by atoms with Crippen LogP contribution in [0, 0.1) is 4.78 Å². The van der Waals surface area contributed by atoms with E-state index < -0.39 is 10.6 Å². The molecule has 6 heteroatoms. The van der Waals surface area contributed by atoms with Crippen LogP contribution in [0.25, 0.3) is 10.9 Å². The lowest BCUT2D eigenvalue weighted by Crippen LogP contribution is -1.98. The third kappa shape index (κ3) is 3.83. The number of rotatable bonds is 6. The highest BCUT2D eigenvalue weighted by molar-refractivity contribution is 7.72. The summed E-state index contributed by atoms with van der Waals surface area (Å²) < 4.78 is 29.1. The monoisotopic (exact) mass is 341 g/mol. The zero-order valence-electron chi connectivity index (χ0n) is 13.2. The summed E-state index contributed by atoms with van der Waals surface area (Å²) >= 11 is 0. The van der Waals surface area contributed by atoms with Gasteiger partial charge in [0, 0.05) is 23.2 Å². The molecule has 1 heterocycles. The second-order valence-corrected chi connectivity index (χ2v) is 6.26. The Bertz CT molecular complexity index is 913. The SMILES string of the molecule is COc1ccc2c(COc3ccc(C[S-](=N)=O)cc3)ccnc2c1. The maximum atomic E-state index is 10.9. The zero-order chi connectivity index (χ0) is 16.9. The van der Waals surface area contributed by atoms with Gasteiger partial charge in [-0.25, -0.2) is 0 Å². The molecular formula is C18H17N2O3S-. The molecule has 0 aliphatic heterocycles. The van der Waals surface area contributed by atoms with Gasteiger partial charge in [-0.1, -0.05) is 23.4 Å². The van der Waals surface area contributed by atoms with Gasteiger partial charge in [0.25, 0.3) is 0 Å². The normalized spacial score (nSPS) is 10.9. The van der Waals surface area contributed by atoms with Crippen LogP contribution in [0.2, 0.25) is 0 Å². The Labute approximate surface area is 142 Å². The molecule has 3 aromatic rings. The third-order valence-corrected chi connectivity index (χ3v) is 4.25. The molecule has 0 fully saturated rings. The second-order valence-electron chi connectivity index (χ2n) is 5.28. The van der Waals surface area contributed by atoms with Gasteiger partial charge in [0.05, 0.1) is 12.6 Å². The van der Waals surface area contributed by atoms with Crippen LogP contribution in [0.5, 0.6) is 11.5 Å². The molecule has 1 N–H and O–H groups in total. The summed E-state index contributed by atoms with van der Waals surface area (Å²) in [6, 6.07) is 15.0. The Kier molecular flexibility index (Phi) is 4.96. The number of hydrogen-bond acceptors (Lipinski definition) is 6. The second kappa shape index (κ2) is 7.31. The van der Waals surface area contributed by atoms with Gasteiger partial charge in [0.2, 0.25) is 0 Å². The lowest BCUT2D eigenvalue weighted by atomic mass is 10.1. The number of nitrogens with one attached hydrogen (secondary N) is 1. The number of ether oxygens (including phenoxy) is 2. The number of aromatic nitrogens is 1. The number of benzene rings is 2. The first-order chi connectivity index (χ1) is 11.7. The van der Waals surface area contributed by atoms with Gasteiger partial charge < -0.3 is 18.5 Å². The molecule has 0 spiro atoms. The first kappa shape index (κ1) is 16.3. The van der Waals surface area contributed by atoms with Gasteiger partial charge in [-0.05, 0) is 30.3 Å². The van der Waals surface area contributed by atoms with Gasteiger partial charge in [-0.2, -0.15) is 10.6 Å². The number of nitrogens with zero attached hydrogens (tertiary/aromatic N) is 1. The number of hydrogen-bond donors (Lipinski definition) is 1. The molecule has 0 aliphatic carbocycles. The van der Waals surface area contributed by atoms with Crippen molar-refractivity contribution in [1.29, 1.82) is 4.78 Å². The molecule has 0 aliphatic rings. The highest BCUT2D eigenvalue weighted by atomic mass is 32.2. The minimum absolute atomic E-state index is 0.233. The summed E-state index contributed by atoms with van der Waals surface area (Å²) in [7, 11) is 0.0498. The predicted octanol–water partition coefficient (Wildman–Crippen LogP) is 4.05. The van der Waals surface area contributed by atoms with Crippen LogP contribution < -0.4 is 9.47 Å². The van der Waals surface area contributed by atoms with Crippen LogP contribution in [-0.4, -0.2) is 12.1 Å². The number of pyridine rings is 1.